The lowest BCUT2D eigenvalue weighted by molar-refractivity contribution is -0.119. The fraction of sp³-hybridized carbons (Fsp3) is 0.143. The minimum Gasteiger partial charge on any atom is -0.451 e. The number of halogens is 1. The quantitative estimate of drug-likeness (QED) is 0.851. The van der Waals surface area contributed by atoms with Gasteiger partial charge in [-0.1, -0.05) is 29.3 Å². The standard InChI is InChI=1S/C14H13ClN2O3/c1-9-2-4-11(5-3-9)17-13(18)8-20-14(19)12-6-10(15)7-16-12/h2-7,16H,8H2,1H3,(H,17,18). The number of H-pyrrole nitrogens is 1. The Kier molecular flexibility index (Phi) is 4.42. The second-order valence-electron chi connectivity index (χ2n) is 4.22. The lowest BCUT2D eigenvalue weighted by Crippen LogP contribution is -2.21. The summed E-state index contributed by atoms with van der Waals surface area (Å²) in [5.74, 6) is -1.03. The Bertz CT molecular complexity index is 620. The monoisotopic (exact) mass is 292 g/mol. The number of esters is 1. The van der Waals surface area contributed by atoms with Crippen LogP contribution in [-0.4, -0.2) is 23.5 Å². The number of nitrogens with one attached hydrogen (secondary N) is 2. The van der Waals surface area contributed by atoms with Crippen LogP contribution in [0.2, 0.25) is 5.02 Å². The van der Waals surface area contributed by atoms with E-state index in [4.69, 9.17) is 16.3 Å². The molecule has 0 aliphatic carbocycles. The van der Waals surface area contributed by atoms with E-state index in [1.165, 1.54) is 12.3 Å². The Morgan fingerprint density at radius 1 is 1.30 bits per heavy atom. The van der Waals surface area contributed by atoms with Gasteiger partial charge in [0, 0.05) is 11.9 Å². The zero-order valence-corrected chi connectivity index (χ0v) is 11.5. The van der Waals surface area contributed by atoms with Gasteiger partial charge in [0.15, 0.2) is 6.61 Å². The molecule has 104 valence electrons. The zero-order chi connectivity index (χ0) is 14.5. The van der Waals surface area contributed by atoms with Crippen molar-refractivity contribution in [3.8, 4) is 0 Å². The van der Waals surface area contributed by atoms with Crippen LogP contribution in [0.5, 0.6) is 0 Å². The first-order valence-electron chi connectivity index (χ1n) is 5.92. The van der Waals surface area contributed by atoms with Gasteiger partial charge in [0.1, 0.15) is 5.69 Å². The van der Waals surface area contributed by atoms with E-state index in [9.17, 15) is 9.59 Å². The Hall–Kier alpha value is -2.27. The lowest BCUT2D eigenvalue weighted by atomic mass is 10.2. The van der Waals surface area contributed by atoms with Gasteiger partial charge in [-0.05, 0) is 25.1 Å². The number of aromatic amines is 1. The molecule has 0 aliphatic rings. The highest BCUT2D eigenvalue weighted by molar-refractivity contribution is 6.30. The molecule has 0 spiro atoms. The second-order valence-corrected chi connectivity index (χ2v) is 4.66. The molecule has 0 saturated heterocycles. The third-order valence-corrected chi connectivity index (χ3v) is 2.76. The highest BCUT2D eigenvalue weighted by Gasteiger charge is 2.12. The topological polar surface area (TPSA) is 71.2 Å². The maximum absolute atomic E-state index is 11.6. The molecule has 1 amide bonds. The van der Waals surface area contributed by atoms with Crippen LogP contribution in [0.3, 0.4) is 0 Å². The minimum atomic E-state index is -0.629. The van der Waals surface area contributed by atoms with E-state index in [0.717, 1.165) is 5.56 Å². The Morgan fingerprint density at radius 3 is 2.60 bits per heavy atom. The van der Waals surface area contributed by atoms with Crippen molar-refractivity contribution in [2.75, 3.05) is 11.9 Å². The number of aromatic nitrogens is 1. The van der Waals surface area contributed by atoms with Crippen molar-refractivity contribution in [1.82, 2.24) is 4.98 Å². The molecular formula is C14H13ClN2O3. The number of benzene rings is 1. The van der Waals surface area contributed by atoms with Gasteiger partial charge in [-0.15, -0.1) is 0 Å². The number of anilines is 1. The zero-order valence-electron chi connectivity index (χ0n) is 10.8. The van der Waals surface area contributed by atoms with Crippen molar-refractivity contribution >= 4 is 29.2 Å². The molecule has 2 rings (SSSR count). The smallest absolute Gasteiger partial charge is 0.355 e. The molecular weight excluding hydrogens is 280 g/mol. The van der Waals surface area contributed by atoms with Gasteiger partial charge in [0.05, 0.1) is 5.02 Å². The van der Waals surface area contributed by atoms with Crippen LogP contribution in [0, 0.1) is 6.92 Å². The molecule has 0 bridgehead atoms. The minimum absolute atomic E-state index is 0.207. The van der Waals surface area contributed by atoms with E-state index in [1.807, 2.05) is 19.1 Å². The first-order valence-corrected chi connectivity index (χ1v) is 6.30. The van der Waals surface area contributed by atoms with E-state index in [-0.39, 0.29) is 12.3 Å². The Labute approximate surface area is 120 Å². The maximum Gasteiger partial charge on any atom is 0.355 e. The summed E-state index contributed by atoms with van der Waals surface area (Å²) in [5, 5.41) is 3.03. The molecule has 5 nitrogen and oxygen atoms in total. The Balaban J connectivity index is 1.83. The van der Waals surface area contributed by atoms with Crippen LogP contribution in [0.15, 0.2) is 36.5 Å². The SMILES string of the molecule is Cc1ccc(NC(=O)COC(=O)c2cc(Cl)c[nH]2)cc1. The van der Waals surface area contributed by atoms with E-state index in [1.54, 1.807) is 12.1 Å². The number of ether oxygens (including phenoxy) is 1. The molecule has 0 atom stereocenters. The molecule has 0 fully saturated rings. The summed E-state index contributed by atoms with van der Waals surface area (Å²) in [6.45, 7) is 1.60. The predicted molar refractivity (Wildman–Crippen MR) is 75.9 cm³/mol. The molecule has 2 aromatic rings. The van der Waals surface area contributed by atoms with Gasteiger partial charge in [0.2, 0.25) is 0 Å². The molecule has 6 heteroatoms. The first kappa shape index (κ1) is 14.1. The van der Waals surface area contributed by atoms with Crippen LogP contribution in [0.25, 0.3) is 0 Å². The summed E-state index contributed by atoms with van der Waals surface area (Å²) in [6.07, 6.45) is 1.46. The first-order chi connectivity index (χ1) is 9.54. The number of hydrogen-bond acceptors (Lipinski definition) is 3. The van der Waals surface area contributed by atoms with Gasteiger partial charge < -0.3 is 15.0 Å². The summed E-state index contributed by atoms with van der Waals surface area (Å²) in [4.78, 5) is 25.8. The summed E-state index contributed by atoms with van der Waals surface area (Å²) >= 11 is 5.67. The fourth-order valence-electron chi connectivity index (χ4n) is 1.53. The van der Waals surface area contributed by atoms with E-state index >= 15 is 0 Å². The van der Waals surface area contributed by atoms with E-state index in [2.05, 4.69) is 10.3 Å². The summed E-state index contributed by atoms with van der Waals surface area (Å²) < 4.78 is 4.86. The van der Waals surface area contributed by atoms with Crippen molar-refractivity contribution in [2.45, 2.75) is 6.92 Å². The van der Waals surface area contributed by atoms with Gasteiger partial charge >= 0.3 is 5.97 Å². The number of hydrogen-bond donors (Lipinski definition) is 2. The van der Waals surface area contributed by atoms with Gasteiger partial charge in [-0.25, -0.2) is 4.79 Å². The van der Waals surface area contributed by atoms with E-state index < -0.39 is 11.9 Å². The molecule has 20 heavy (non-hydrogen) atoms. The third kappa shape index (κ3) is 3.86. The summed E-state index contributed by atoms with van der Waals surface area (Å²) in [7, 11) is 0. The van der Waals surface area contributed by atoms with Crippen LogP contribution in [0.4, 0.5) is 5.69 Å². The summed E-state index contributed by atoms with van der Waals surface area (Å²) in [6, 6.07) is 8.74. The lowest BCUT2D eigenvalue weighted by Gasteiger charge is -2.06. The highest BCUT2D eigenvalue weighted by atomic mass is 35.5. The molecule has 1 aromatic heterocycles. The van der Waals surface area contributed by atoms with Crippen molar-refractivity contribution in [1.29, 1.82) is 0 Å². The Morgan fingerprint density at radius 2 is 2.00 bits per heavy atom. The van der Waals surface area contributed by atoms with Gasteiger partial charge in [0.25, 0.3) is 5.91 Å². The molecule has 0 saturated carbocycles. The predicted octanol–water partition coefficient (Wildman–Crippen LogP) is 2.77. The molecule has 1 aromatic carbocycles. The average Bonchev–Trinajstić information content (AvgIpc) is 2.85. The molecule has 0 aliphatic heterocycles. The largest absolute Gasteiger partial charge is 0.451 e. The van der Waals surface area contributed by atoms with Crippen molar-refractivity contribution in [3.05, 3.63) is 52.8 Å². The second kappa shape index (κ2) is 6.25. The molecule has 0 unspecified atom stereocenters. The van der Waals surface area contributed by atoms with Gasteiger partial charge in [-0.2, -0.15) is 0 Å². The molecule has 1 heterocycles. The number of aryl methyl sites for hydroxylation is 1. The number of amides is 1. The van der Waals surface area contributed by atoms with Crippen LogP contribution in [0.1, 0.15) is 16.1 Å². The fourth-order valence-corrected chi connectivity index (χ4v) is 1.69. The molecule has 0 radical (unpaired) electrons. The third-order valence-electron chi connectivity index (χ3n) is 2.54. The molecule has 2 N–H and O–H groups in total. The van der Waals surface area contributed by atoms with Gasteiger partial charge in [-0.3, -0.25) is 4.79 Å². The maximum atomic E-state index is 11.6. The van der Waals surface area contributed by atoms with Crippen LogP contribution >= 0.6 is 11.6 Å². The normalized spacial score (nSPS) is 10.1. The van der Waals surface area contributed by atoms with Crippen LogP contribution in [-0.2, 0) is 9.53 Å². The van der Waals surface area contributed by atoms with E-state index in [0.29, 0.717) is 10.7 Å². The summed E-state index contributed by atoms with van der Waals surface area (Å²) in [5.41, 5.74) is 1.95. The van der Waals surface area contributed by atoms with Crippen LogP contribution < -0.4 is 5.32 Å². The van der Waals surface area contributed by atoms with Crippen molar-refractivity contribution < 1.29 is 14.3 Å². The average molecular weight is 293 g/mol. The highest BCUT2D eigenvalue weighted by Crippen LogP contribution is 2.11. The number of carbonyl (C=O) groups excluding carboxylic acids is 2. The van der Waals surface area contributed by atoms with Crippen molar-refractivity contribution in [2.24, 2.45) is 0 Å². The number of rotatable bonds is 4. The number of carbonyl (C=O) groups is 2. The van der Waals surface area contributed by atoms with Crippen molar-refractivity contribution in [3.63, 3.8) is 0 Å².